The molecule has 3 aliphatic heterocycles. The number of nitrogens with zero attached hydrogens (tertiary/aromatic N) is 1. The maximum Gasteiger partial charge on any atom is 0.232 e. The zero-order valence-corrected chi connectivity index (χ0v) is 17.0. The van der Waals surface area contributed by atoms with Crippen molar-refractivity contribution in [3.05, 3.63) is 52.3 Å². The molecule has 30 heavy (non-hydrogen) atoms. The van der Waals surface area contributed by atoms with E-state index >= 15 is 0 Å². The van der Waals surface area contributed by atoms with Gasteiger partial charge >= 0.3 is 0 Å². The van der Waals surface area contributed by atoms with Gasteiger partial charge < -0.3 is 23.7 Å². The van der Waals surface area contributed by atoms with E-state index in [0.29, 0.717) is 48.5 Å². The van der Waals surface area contributed by atoms with Crippen LogP contribution in [0.5, 0.6) is 23.0 Å². The Kier molecular flexibility index (Phi) is 4.84. The molecule has 0 spiro atoms. The smallest absolute Gasteiger partial charge is 0.232 e. The highest BCUT2D eigenvalue weighted by Crippen LogP contribution is 2.44. The lowest BCUT2D eigenvalue weighted by Crippen LogP contribution is -2.33. The lowest BCUT2D eigenvalue weighted by atomic mass is 9.98. The van der Waals surface area contributed by atoms with Gasteiger partial charge in [0.2, 0.25) is 12.6 Å². The van der Waals surface area contributed by atoms with E-state index in [4.69, 9.17) is 23.7 Å². The monoisotopic (exact) mass is 409 g/mol. The lowest BCUT2D eigenvalue weighted by molar-refractivity contribution is 0.0822. The molecule has 0 aliphatic carbocycles. The molecule has 0 saturated heterocycles. The molecule has 0 saturated carbocycles. The van der Waals surface area contributed by atoms with Gasteiger partial charge in [0.15, 0.2) is 17.3 Å². The number of rotatable bonds is 5. The summed E-state index contributed by atoms with van der Waals surface area (Å²) in [5.41, 5.74) is 3.21. The zero-order chi connectivity index (χ0) is 20.7. The Labute approximate surface area is 174 Å². The maximum atomic E-state index is 13.1. The number of ether oxygens (including phenoxy) is 5. The first-order valence-corrected chi connectivity index (χ1v) is 9.98. The van der Waals surface area contributed by atoms with Crippen molar-refractivity contribution in [2.24, 2.45) is 0 Å². The number of hydrogen-bond acceptors (Lipinski definition) is 7. The number of carbonyl (C=O) groups is 1. The number of methoxy groups -OCH3 is 1. The van der Waals surface area contributed by atoms with Gasteiger partial charge in [0.25, 0.3) is 0 Å². The fraction of sp³-hybridized carbons (Fsp3) is 0.348. The van der Waals surface area contributed by atoms with Crippen LogP contribution in [0, 0.1) is 6.92 Å². The Morgan fingerprint density at radius 1 is 1.13 bits per heavy atom. The predicted molar refractivity (Wildman–Crippen MR) is 109 cm³/mol. The van der Waals surface area contributed by atoms with E-state index < -0.39 is 0 Å². The molecule has 0 bridgehead atoms. The van der Waals surface area contributed by atoms with Gasteiger partial charge in [-0.25, -0.2) is 0 Å². The first-order chi connectivity index (χ1) is 14.6. The molecule has 7 heteroatoms. The third kappa shape index (κ3) is 3.30. The van der Waals surface area contributed by atoms with Crippen LogP contribution in [-0.2, 0) is 11.3 Å². The second-order valence-electron chi connectivity index (χ2n) is 7.60. The van der Waals surface area contributed by atoms with Crippen LogP contribution in [0.3, 0.4) is 0 Å². The molecule has 0 amide bonds. The summed E-state index contributed by atoms with van der Waals surface area (Å²) >= 11 is 0. The zero-order valence-electron chi connectivity index (χ0n) is 17.0. The second-order valence-corrected chi connectivity index (χ2v) is 7.60. The quantitative estimate of drug-likeness (QED) is 0.553. The molecule has 5 rings (SSSR count). The van der Waals surface area contributed by atoms with E-state index in [1.54, 1.807) is 13.2 Å². The average molecular weight is 409 g/mol. The topological polar surface area (TPSA) is 66.5 Å². The van der Waals surface area contributed by atoms with Gasteiger partial charge in [-0.15, -0.1) is 0 Å². The van der Waals surface area contributed by atoms with E-state index in [-0.39, 0.29) is 12.6 Å². The number of allylic oxidation sites excluding steroid dienone is 1. The van der Waals surface area contributed by atoms with Crippen molar-refractivity contribution >= 4 is 11.9 Å². The van der Waals surface area contributed by atoms with Crippen LogP contribution in [0.25, 0.3) is 6.08 Å². The molecule has 0 radical (unpaired) electrons. The second kappa shape index (κ2) is 7.66. The van der Waals surface area contributed by atoms with Crippen molar-refractivity contribution < 1.29 is 28.5 Å². The van der Waals surface area contributed by atoms with Crippen molar-refractivity contribution in [1.82, 2.24) is 4.90 Å². The van der Waals surface area contributed by atoms with E-state index in [0.717, 1.165) is 35.4 Å². The Balaban J connectivity index is 1.44. The summed E-state index contributed by atoms with van der Waals surface area (Å²) in [6.45, 7) is 4.87. The highest BCUT2D eigenvalue weighted by atomic mass is 16.7. The third-order valence-corrected chi connectivity index (χ3v) is 5.50. The molecule has 3 aliphatic rings. The van der Waals surface area contributed by atoms with Crippen LogP contribution >= 0.6 is 0 Å². The summed E-state index contributed by atoms with van der Waals surface area (Å²) < 4.78 is 28.0. The summed E-state index contributed by atoms with van der Waals surface area (Å²) in [6.07, 6.45) is 2.66. The van der Waals surface area contributed by atoms with E-state index in [9.17, 15) is 4.79 Å². The Bertz CT molecular complexity index is 1040. The van der Waals surface area contributed by atoms with Crippen LogP contribution in [0.4, 0.5) is 0 Å². The van der Waals surface area contributed by atoms with E-state index in [2.05, 4.69) is 4.90 Å². The number of aryl methyl sites for hydroxylation is 1. The standard InChI is InChI=1S/C23H23NO6/c1-14-8-18-16(11-24(12-27-18)6-3-7-26-2)23-21(14)22(25)20(30-23)10-15-4-5-17-19(9-15)29-13-28-17/h4-5,8-10H,3,6-7,11-13H2,1-2H3/b20-10-. The van der Waals surface area contributed by atoms with Gasteiger partial charge in [-0.05, 0) is 48.7 Å². The molecule has 0 fully saturated rings. The highest BCUT2D eigenvalue weighted by Gasteiger charge is 2.35. The van der Waals surface area contributed by atoms with Crippen LogP contribution in [-0.4, -0.2) is 44.5 Å². The molecule has 156 valence electrons. The predicted octanol–water partition coefficient (Wildman–Crippen LogP) is 3.53. The largest absolute Gasteiger partial charge is 0.478 e. The minimum absolute atomic E-state index is 0.112. The summed E-state index contributed by atoms with van der Waals surface area (Å²) in [5, 5.41) is 0. The SMILES string of the molecule is COCCCN1COc2cc(C)c3c(c2C1)O/C(=C\c1ccc2c(c1)OCO2)C3=O. The lowest BCUT2D eigenvalue weighted by Gasteiger charge is -2.30. The van der Waals surface area contributed by atoms with E-state index in [1.165, 1.54) is 0 Å². The minimum atomic E-state index is -0.112. The summed E-state index contributed by atoms with van der Waals surface area (Å²) in [5.74, 6) is 2.96. The molecule has 2 aromatic carbocycles. The van der Waals surface area contributed by atoms with Crippen LogP contribution in [0.2, 0.25) is 0 Å². The number of carbonyl (C=O) groups excluding carboxylic acids is 1. The van der Waals surface area contributed by atoms with Crippen molar-refractivity contribution in [2.75, 3.05) is 33.8 Å². The fourth-order valence-electron chi connectivity index (χ4n) is 4.01. The van der Waals surface area contributed by atoms with Gasteiger partial charge in [-0.3, -0.25) is 9.69 Å². The van der Waals surface area contributed by atoms with Crippen LogP contribution in [0.1, 0.15) is 33.5 Å². The Morgan fingerprint density at radius 3 is 2.87 bits per heavy atom. The molecule has 2 aromatic rings. The number of benzene rings is 2. The van der Waals surface area contributed by atoms with Gasteiger partial charge in [0.1, 0.15) is 18.2 Å². The third-order valence-electron chi connectivity index (χ3n) is 5.50. The van der Waals surface area contributed by atoms with Gasteiger partial charge in [-0.1, -0.05) is 6.07 Å². The van der Waals surface area contributed by atoms with E-state index in [1.807, 2.05) is 31.2 Å². The minimum Gasteiger partial charge on any atom is -0.478 e. The summed E-state index contributed by atoms with van der Waals surface area (Å²) in [4.78, 5) is 15.3. The Hall–Kier alpha value is -3.03. The molecule has 0 unspecified atom stereocenters. The summed E-state index contributed by atoms with van der Waals surface area (Å²) in [7, 11) is 1.70. The molecule has 0 N–H and O–H groups in total. The fourth-order valence-corrected chi connectivity index (χ4v) is 4.01. The molecule has 3 heterocycles. The number of fused-ring (bicyclic) bond motifs is 4. The van der Waals surface area contributed by atoms with Crippen LogP contribution in [0.15, 0.2) is 30.0 Å². The molecular weight excluding hydrogens is 386 g/mol. The average Bonchev–Trinajstić information content (AvgIpc) is 3.33. The number of Topliss-reactive ketones (excluding diaryl/α,β-unsaturated/α-hetero) is 1. The molecule has 7 nitrogen and oxygen atoms in total. The van der Waals surface area contributed by atoms with Crippen LogP contribution < -0.4 is 18.9 Å². The molecule has 0 aromatic heterocycles. The normalized spacial score (nSPS) is 18.2. The van der Waals surface area contributed by atoms with Crippen molar-refractivity contribution in [1.29, 1.82) is 0 Å². The molecular formula is C23H23NO6. The first kappa shape index (κ1) is 19.0. The number of hydrogen-bond donors (Lipinski definition) is 0. The van der Waals surface area contributed by atoms with Gasteiger partial charge in [-0.2, -0.15) is 0 Å². The first-order valence-electron chi connectivity index (χ1n) is 9.98. The van der Waals surface area contributed by atoms with Crippen molar-refractivity contribution in [2.45, 2.75) is 19.9 Å². The van der Waals surface area contributed by atoms with Crippen molar-refractivity contribution in [3.63, 3.8) is 0 Å². The number of ketones is 1. The van der Waals surface area contributed by atoms with Gasteiger partial charge in [0.05, 0.1) is 11.1 Å². The Morgan fingerprint density at radius 2 is 2.00 bits per heavy atom. The van der Waals surface area contributed by atoms with Gasteiger partial charge in [0, 0.05) is 26.8 Å². The van der Waals surface area contributed by atoms with Crippen molar-refractivity contribution in [3.8, 4) is 23.0 Å². The highest BCUT2D eigenvalue weighted by molar-refractivity contribution is 6.15. The summed E-state index contributed by atoms with van der Waals surface area (Å²) in [6, 6.07) is 7.49. The molecule has 0 atom stereocenters. The maximum absolute atomic E-state index is 13.1.